The van der Waals surface area contributed by atoms with E-state index in [1.165, 1.54) is 19.2 Å². The number of carboxylic acid groups (broad SMARTS) is 1. The van der Waals surface area contributed by atoms with Gasteiger partial charge in [-0.05, 0) is 37.0 Å². The second-order valence-electron chi connectivity index (χ2n) is 5.90. The van der Waals surface area contributed by atoms with E-state index >= 15 is 0 Å². The summed E-state index contributed by atoms with van der Waals surface area (Å²) in [6, 6.07) is 2.36. The van der Waals surface area contributed by atoms with Crippen molar-refractivity contribution in [2.75, 3.05) is 13.7 Å². The van der Waals surface area contributed by atoms with Gasteiger partial charge in [0.15, 0.2) is 17.6 Å². The highest BCUT2D eigenvalue weighted by atomic mass is 19.1. The van der Waals surface area contributed by atoms with Crippen LogP contribution in [0.3, 0.4) is 0 Å². The van der Waals surface area contributed by atoms with Crippen molar-refractivity contribution in [3.8, 4) is 5.75 Å². The number of carbonyl (C=O) groups is 3. The van der Waals surface area contributed by atoms with Gasteiger partial charge in [0.2, 0.25) is 11.8 Å². The van der Waals surface area contributed by atoms with Crippen LogP contribution in [0.25, 0.3) is 0 Å². The Balaban J connectivity index is 1.85. The van der Waals surface area contributed by atoms with Crippen molar-refractivity contribution in [1.29, 1.82) is 0 Å². The molecule has 0 spiro atoms. The van der Waals surface area contributed by atoms with Crippen molar-refractivity contribution < 1.29 is 28.6 Å². The van der Waals surface area contributed by atoms with E-state index in [0.717, 1.165) is 18.9 Å². The van der Waals surface area contributed by atoms with Gasteiger partial charge in [0, 0.05) is 18.9 Å². The van der Waals surface area contributed by atoms with Crippen molar-refractivity contribution >= 4 is 17.8 Å². The second-order valence-corrected chi connectivity index (χ2v) is 5.90. The fourth-order valence-electron chi connectivity index (χ4n) is 2.33. The van der Waals surface area contributed by atoms with E-state index in [4.69, 9.17) is 4.74 Å². The maximum atomic E-state index is 13.7. The van der Waals surface area contributed by atoms with Crippen LogP contribution in [0, 0.1) is 11.7 Å². The molecule has 136 valence electrons. The molecule has 0 aliphatic heterocycles. The van der Waals surface area contributed by atoms with Crippen LogP contribution in [0.5, 0.6) is 5.75 Å². The molecule has 0 aromatic heterocycles. The summed E-state index contributed by atoms with van der Waals surface area (Å²) in [6.45, 7) is 0.359. The van der Waals surface area contributed by atoms with Crippen LogP contribution in [0.4, 0.5) is 4.39 Å². The van der Waals surface area contributed by atoms with Crippen molar-refractivity contribution in [2.45, 2.75) is 31.7 Å². The lowest BCUT2D eigenvalue weighted by Gasteiger charge is -2.16. The molecule has 3 N–H and O–H groups in total. The van der Waals surface area contributed by atoms with Crippen LogP contribution in [-0.4, -0.2) is 36.5 Å². The molecule has 0 bridgehead atoms. The summed E-state index contributed by atoms with van der Waals surface area (Å²) in [5, 5.41) is 14.4. The molecule has 8 heteroatoms. The third-order valence-corrected chi connectivity index (χ3v) is 3.89. The zero-order valence-corrected chi connectivity index (χ0v) is 13.9. The fourth-order valence-corrected chi connectivity index (χ4v) is 2.33. The lowest BCUT2D eigenvalue weighted by atomic mass is 10.1. The van der Waals surface area contributed by atoms with Crippen LogP contribution in [0.15, 0.2) is 18.2 Å². The second kappa shape index (κ2) is 8.46. The van der Waals surface area contributed by atoms with Crippen LogP contribution in [-0.2, 0) is 14.4 Å². The molecule has 1 atom stereocenters. The van der Waals surface area contributed by atoms with Crippen LogP contribution < -0.4 is 15.4 Å². The number of rotatable bonds is 9. The normalized spacial score (nSPS) is 14.5. The molecule has 1 aliphatic carbocycles. The highest BCUT2D eigenvalue weighted by Gasteiger charge is 2.29. The molecule has 25 heavy (non-hydrogen) atoms. The highest BCUT2D eigenvalue weighted by molar-refractivity contribution is 5.84. The number of hydrogen-bond acceptors (Lipinski definition) is 4. The molecular formula is C17H21FN2O5. The molecule has 0 saturated heterocycles. The SMILES string of the molecule is COc1ccc(C(NC(=O)CCCNC(=O)C2CC2)C(=O)O)cc1F. The standard InChI is InChI=1S/C17H21FN2O5/c1-25-13-7-6-11(9-12(13)18)15(17(23)24)20-14(21)3-2-8-19-16(22)10-4-5-10/h6-7,9-10,15H,2-5,8H2,1H3,(H,19,22)(H,20,21)(H,23,24). The smallest absolute Gasteiger partial charge is 0.330 e. The molecule has 1 aromatic carbocycles. The summed E-state index contributed by atoms with van der Waals surface area (Å²) < 4.78 is 18.5. The maximum Gasteiger partial charge on any atom is 0.330 e. The largest absolute Gasteiger partial charge is 0.494 e. The fraction of sp³-hybridized carbons (Fsp3) is 0.471. The minimum atomic E-state index is -1.35. The Labute approximate surface area is 144 Å². The zero-order chi connectivity index (χ0) is 18.4. The Bertz CT molecular complexity index is 660. The summed E-state index contributed by atoms with van der Waals surface area (Å²) >= 11 is 0. The van der Waals surface area contributed by atoms with E-state index in [2.05, 4.69) is 10.6 Å². The summed E-state index contributed by atoms with van der Waals surface area (Å²) in [4.78, 5) is 34.8. The van der Waals surface area contributed by atoms with Gasteiger partial charge in [0.1, 0.15) is 0 Å². The number of methoxy groups -OCH3 is 1. The number of carbonyl (C=O) groups excluding carboxylic acids is 2. The number of amides is 2. The van der Waals surface area contributed by atoms with E-state index in [1.54, 1.807) is 0 Å². The molecule has 2 rings (SSSR count). The summed E-state index contributed by atoms with van der Waals surface area (Å²) in [5.41, 5.74) is 0.112. The van der Waals surface area contributed by atoms with Gasteiger partial charge in [-0.25, -0.2) is 9.18 Å². The van der Waals surface area contributed by atoms with Gasteiger partial charge in [-0.3, -0.25) is 9.59 Å². The van der Waals surface area contributed by atoms with Gasteiger partial charge in [-0.15, -0.1) is 0 Å². The first kappa shape index (κ1) is 18.7. The quantitative estimate of drug-likeness (QED) is 0.583. The Kier molecular flexibility index (Phi) is 6.32. The van der Waals surface area contributed by atoms with E-state index in [9.17, 15) is 23.9 Å². The lowest BCUT2D eigenvalue weighted by molar-refractivity contribution is -0.142. The first-order chi connectivity index (χ1) is 11.9. The number of nitrogens with one attached hydrogen (secondary N) is 2. The average molecular weight is 352 g/mol. The van der Waals surface area contributed by atoms with Crippen molar-refractivity contribution in [2.24, 2.45) is 5.92 Å². The number of aliphatic carboxylic acids is 1. The molecule has 0 radical (unpaired) electrons. The monoisotopic (exact) mass is 352 g/mol. The Hall–Kier alpha value is -2.64. The molecule has 2 amide bonds. The topological polar surface area (TPSA) is 105 Å². The van der Waals surface area contributed by atoms with Gasteiger partial charge in [0.25, 0.3) is 0 Å². The molecule has 7 nitrogen and oxygen atoms in total. The van der Waals surface area contributed by atoms with E-state index < -0.39 is 23.7 Å². The number of halogens is 1. The van der Waals surface area contributed by atoms with Gasteiger partial charge in [0.05, 0.1) is 7.11 Å². The Morgan fingerprint density at radius 2 is 2.08 bits per heavy atom. The molecular weight excluding hydrogens is 331 g/mol. The molecule has 1 unspecified atom stereocenters. The minimum absolute atomic E-state index is 0.00229. The first-order valence-electron chi connectivity index (χ1n) is 8.05. The number of carboxylic acids is 1. The molecule has 0 heterocycles. The zero-order valence-electron chi connectivity index (χ0n) is 13.9. The molecule has 1 aliphatic rings. The van der Waals surface area contributed by atoms with Gasteiger partial charge < -0.3 is 20.5 Å². The van der Waals surface area contributed by atoms with Crippen molar-refractivity contribution in [1.82, 2.24) is 10.6 Å². The maximum absolute atomic E-state index is 13.7. The third-order valence-electron chi connectivity index (χ3n) is 3.89. The number of ether oxygens (including phenoxy) is 1. The average Bonchev–Trinajstić information content (AvgIpc) is 3.41. The summed E-state index contributed by atoms with van der Waals surface area (Å²) in [6.07, 6.45) is 2.27. The van der Waals surface area contributed by atoms with Gasteiger partial charge in [-0.1, -0.05) is 6.07 Å². The molecule has 1 saturated carbocycles. The van der Waals surface area contributed by atoms with E-state index in [1.807, 2.05) is 0 Å². The predicted molar refractivity (Wildman–Crippen MR) is 86.4 cm³/mol. The number of benzene rings is 1. The number of hydrogen-bond donors (Lipinski definition) is 3. The van der Waals surface area contributed by atoms with Gasteiger partial charge in [-0.2, -0.15) is 0 Å². The Morgan fingerprint density at radius 3 is 2.64 bits per heavy atom. The molecule has 1 fully saturated rings. The van der Waals surface area contributed by atoms with E-state index in [-0.39, 0.29) is 29.6 Å². The van der Waals surface area contributed by atoms with Gasteiger partial charge >= 0.3 is 5.97 Å². The summed E-state index contributed by atoms with van der Waals surface area (Å²) in [5.74, 6) is -2.38. The lowest BCUT2D eigenvalue weighted by Crippen LogP contribution is -2.34. The minimum Gasteiger partial charge on any atom is -0.494 e. The van der Waals surface area contributed by atoms with Crippen LogP contribution in [0.2, 0.25) is 0 Å². The third kappa shape index (κ3) is 5.44. The van der Waals surface area contributed by atoms with Crippen LogP contribution in [0.1, 0.15) is 37.3 Å². The highest BCUT2D eigenvalue weighted by Crippen LogP contribution is 2.28. The Morgan fingerprint density at radius 1 is 1.36 bits per heavy atom. The van der Waals surface area contributed by atoms with E-state index in [0.29, 0.717) is 13.0 Å². The predicted octanol–water partition coefficient (Wildman–Crippen LogP) is 1.38. The summed E-state index contributed by atoms with van der Waals surface area (Å²) in [7, 11) is 1.30. The van der Waals surface area contributed by atoms with Crippen molar-refractivity contribution in [3.05, 3.63) is 29.6 Å². The molecule has 1 aromatic rings. The van der Waals surface area contributed by atoms with Crippen LogP contribution >= 0.6 is 0 Å². The first-order valence-corrected chi connectivity index (χ1v) is 8.05. The van der Waals surface area contributed by atoms with Crippen molar-refractivity contribution in [3.63, 3.8) is 0 Å².